The molecule has 0 radical (unpaired) electrons. The van der Waals surface area contributed by atoms with Crippen LogP contribution in [0, 0.1) is 6.92 Å². The van der Waals surface area contributed by atoms with Crippen LogP contribution in [0.1, 0.15) is 5.56 Å². The first kappa shape index (κ1) is 12.5. The van der Waals surface area contributed by atoms with E-state index in [2.05, 4.69) is 29.0 Å². The molecule has 102 valence electrons. The highest BCUT2D eigenvalue weighted by molar-refractivity contribution is 5.62. The fraction of sp³-hybridized carbons (Fsp3) is 0.200. The number of rotatable bonds is 3. The molecular formula is C15H15N3O2. The van der Waals surface area contributed by atoms with Crippen LogP contribution in [0.15, 0.2) is 36.5 Å². The van der Waals surface area contributed by atoms with Crippen molar-refractivity contribution in [3.05, 3.63) is 42.1 Å². The zero-order chi connectivity index (χ0) is 14.1. The smallest absolute Gasteiger partial charge is 0.240 e. The van der Waals surface area contributed by atoms with Gasteiger partial charge in [0.25, 0.3) is 0 Å². The maximum absolute atomic E-state index is 5.34. The standard InChI is InChI=1S/C15H15N3O2/c1-10-4-6-11(7-5-10)12-9-18-14(20-3)8-13(19-2)17-15(18)16-12/h4-9H,1-3H3. The summed E-state index contributed by atoms with van der Waals surface area (Å²) in [5.74, 6) is 1.67. The summed E-state index contributed by atoms with van der Waals surface area (Å²) in [5.41, 5.74) is 3.11. The topological polar surface area (TPSA) is 48.7 Å². The molecule has 1 aromatic carbocycles. The van der Waals surface area contributed by atoms with E-state index in [1.807, 2.05) is 18.3 Å². The van der Waals surface area contributed by atoms with Gasteiger partial charge in [0, 0.05) is 11.8 Å². The van der Waals surface area contributed by atoms with Gasteiger partial charge in [-0.2, -0.15) is 4.98 Å². The second-order valence-corrected chi connectivity index (χ2v) is 4.50. The third-order valence-electron chi connectivity index (χ3n) is 3.15. The number of benzene rings is 1. The minimum Gasteiger partial charge on any atom is -0.482 e. The van der Waals surface area contributed by atoms with Crippen molar-refractivity contribution in [1.29, 1.82) is 0 Å². The number of nitrogens with zero attached hydrogens (tertiary/aromatic N) is 3. The van der Waals surface area contributed by atoms with Gasteiger partial charge < -0.3 is 9.47 Å². The largest absolute Gasteiger partial charge is 0.482 e. The summed E-state index contributed by atoms with van der Waals surface area (Å²) in [4.78, 5) is 8.84. The lowest BCUT2D eigenvalue weighted by Gasteiger charge is -2.04. The summed E-state index contributed by atoms with van der Waals surface area (Å²) in [6.07, 6.45) is 1.91. The predicted octanol–water partition coefficient (Wildman–Crippen LogP) is 2.72. The van der Waals surface area contributed by atoms with Gasteiger partial charge in [-0.15, -0.1) is 0 Å². The number of ether oxygens (including phenoxy) is 2. The van der Waals surface area contributed by atoms with E-state index in [9.17, 15) is 0 Å². The molecule has 2 aromatic heterocycles. The Morgan fingerprint density at radius 3 is 2.40 bits per heavy atom. The Morgan fingerprint density at radius 2 is 1.75 bits per heavy atom. The Balaban J connectivity index is 2.16. The van der Waals surface area contributed by atoms with E-state index in [-0.39, 0.29) is 0 Å². The average molecular weight is 269 g/mol. The van der Waals surface area contributed by atoms with Gasteiger partial charge in [0.15, 0.2) is 0 Å². The van der Waals surface area contributed by atoms with Crippen LogP contribution in [-0.2, 0) is 0 Å². The first-order valence-electron chi connectivity index (χ1n) is 6.26. The fourth-order valence-electron chi connectivity index (χ4n) is 2.04. The Kier molecular flexibility index (Phi) is 3.02. The van der Waals surface area contributed by atoms with Crippen LogP contribution in [0.25, 0.3) is 17.0 Å². The van der Waals surface area contributed by atoms with Crippen molar-refractivity contribution in [3.63, 3.8) is 0 Å². The minimum absolute atomic E-state index is 0.482. The van der Waals surface area contributed by atoms with Crippen molar-refractivity contribution < 1.29 is 9.47 Å². The van der Waals surface area contributed by atoms with E-state index in [0.717, 1.165) is 11.3 Å². The molecule has 20 heavy (non-hydrogen) atoms. The Bertz CT molecular complexity index is 748. The molecule has 5 heteroatoms. The summed E-state index contributed by atoms with van der Waals surface area (Å²) in [7, 11) is 3.18. The van der Waals surface area contributed by atoms with E-state index in [0.29, 0.717) is 17.5 Å². The van der Waals surface area contributed by atoms with Gasteiger partial charge in [0.2, 0.25) is 17.5 Å². The summed E-state index contributed by atoms with van der Waals surface area (Å²) in [5, 5.41) is 0. The lowest BCUT2D eigenvalue weighted by molar-refractivity contribution is 0.369. The van der Waals surface area contributed by atoms with Crippen LogP contribution in [0.3, 0.4) is 0 Å². The molecule has 0 fully saturated rings. The molecule has 0 N–H and O–H groups in total. The molecule has 0 unspecified atom stereocenters. The third-order valence-corrected chi connectivity index (χ3v) is 3.15. The molecule has 0 spiro atoms. The molecular weight excluding hydrogens is 254 g/mol. The second kappa shape index (κ2) is 4.85. The number of aryl methyl sites for hydroxylation is 1. The van der Waals surface area contributed by atoms with Crippen molar-refractivity contribution in [1.82, 2.24) is 14.4 Å². The van der Waals surface area contributed by atoms with Crippen molar-refractivity contribution in [2.24, 2.45) is 0 Å². The van der Waals surface area contributed by atoms with Gasteiger partial charge in [-0.05, 0) is 6.92 Å². The second-order valence-electron chi connectivity index (χ2n) is 4.50. The highest BCUT2D eigenvalue weighted by Gasteiger charge is 2.11. The van der Waals surface area contributed by atoms with Crippen molar-refractivity contribution in [2.45, 2.75) is 6.92 Å². The maximum Gasteiger partial charge on any atom is 0.240 e. The maximum atomic E-state index is 5.34. The molecule has 3 rings (SSSR count). The van der Waals surface area contributed by atoms with Crippen LogP contribution in [0.2, 0.25) is 0 Å². The molecule has 0 aliphatic rings. The molecule has 5 nitrogen and oxygen atoms in total. The Hall–Kier alpha value is -2.56. The number of aromatic nitrogens is 3. The molecule has 0 saturated heterocycles. The minimum atomic E-state index is 0.482. The molecule has 0 bridgehead atoms. The summed E-state index contributed by atoms with van der Waals surface area (Å²) < 4.78 is 12.3. The molecule has 0 saturated carbocycles. The van der Waals surface area contributed by atoms with E-state index in [4.69, 9.17) is 9.47 Å². The first-order chi connectivity index (χ1) is 9.71. The van der Waals surface area contributed by atoms with Gasteiger partial charge >= 0.3 is 0 Å². The average Bonchev–Trinajstić information content (AvgIpc) is 2.90. The zero-order valence-electron chi connectivity index (χ0n) is 11.6. The van der Waals surface area contributed by atoms with E-state index in [1.54, 1.807) is 24.7 Å². The van der Waals surface area contributed by atoms with Gasteiger partial charge in [-0.1, -0.05) is 29.8 Å². The molecule has 0 atom stereocenters. The molecule has 3 aromatic rings. The van der Waals surface area contributed by atoms with Crippen LogP contribution < -0.4 is 9.47 Å². The lowest BCUT2D eigenvalue weighted by Crippen LogP contribution is -1.97. The van der Waals surface area contributed by atoms with Crippen molar-refractivity contribution in [2.75, 3.05) is 14.2 Å². The van der Waals surface area contributed by atoms with Crippen LogP contribution in [0.4, 0.5) is 0 Å². The molecule has 0 aliphatic heterocycles. The number of methoxy groups -OCH3 is 2. The van der Waals surface area contributed by atoms with Crippen LogP contribution >= 0.6 is 0 Å². The van der Waals surface area contributed by atoms with Crippen molar-refractivity contribution >= 4 is 5.78 Å². The van der Waals surface area contributed by atoms with E-state index < -0.39 is 0 Å². The highest BCUT2D eigenvalue weighted by Crippen LogP contribution is 2.24. The summed E-state index contributed by atoms with van der Waals surface area (Å²) in [6, 6.07) is 9.93. The fourth-order valence-corrected chi connectivity index (χ4v) is 2.04. The molecule has 2 heterocycles. The van der Waals surface area contributed by atoms with E-state index >= 15 is 0 Å². The molecule has 0 amide bonds. The Labute approximate surface area is 116 Å². The van der Waals surface area contributed by atoms with Crippen LogP contribution in [0.5, 0.6) is 11.8 Å². The monoisotopic (exact) mass is 269 g/mol. The predicted molar refractivity (Wildman–Crippen MR) is 76.3 cm³/mol. The third kappa shape index (κ3) is 2.07. The molecule has 0 aliphatic carbocycles. The normalized spacial score (nSPS) is 10.8. The van der Waals surface area contributed by atoms with E-state index in [1.165, 1.54) is 5.56 Å². The van der Waals surface area contributed by atoms with Crippen molar-refractivity contribution in [3.8, 4) is 23.0 Å². The number of imidazole rings is 1. The van der Waals surface area contributed by atoms with Crippen LogP contribution in [-0.4, -0.2) is 28.6 Å². The van der Waals surface area contributed by atoms with Gasteiger partial charge in [0.1, 0.15) is 0 Å². The van der Waals surface area contributed by atoms with Gasteiger partial charge in [0.05, 0.1) is 26.0 Å². The summed E-state index contributed by atoms with van der Waals surface area (Å²) >= 11 is 0. The van der Waals surface area contributed by atoms with Gasteiger partial charge in [-0.3, -0.25) is 4.40 Å². The highest BCUT2D eigenvalue weighted by atomic mass is 16.5. The van der Waals surface area contributed by atoms with Gasteiger partial charge in [-0.25, -0.2) is 4.98 Å². The lowest BCUT2D eigenvalue weighted by atomic mass is 10.1. The summed E-state index contributed by atoms with van der Waals surface area (Å²) in [6.45, 7) is 2.06. The number of hydrogen-bond donors (Lipinski definition) is 0. The zero-order valence-corrected chi connectivity index (χ0v) is 11.6. The first-order valence-corrected chi connectivity index (χ1v) is 6.26. The quantitative estimate of drug-likeness (QED) is 0.733. The Morgan fingerprint density at radius 1 is 1.00 bits per heavy atom. The number of fused-ring (bicyclic) bond motifs is 1. The SMILES string of the molecule is COc1cc(OC)n2cc(-c3ccc(C)cc3)nc2n1. The number of hydrogen-bond acceptors (Lipinski definition) is 4.